The summed E-state index contributed by atoms with van der Waals surface area (Å²) >= 11 is 0. The van der Waals surface area contributed by atoms with E-state index in [9.17, 15) is 31.7 Å². The maximum Gasteiger partial charge on any atom is 0.315 e. The fourth-order valence-electron chi connectivity index (χ4n) is 1.61. The zero-order chi connectivity index (χ0) is 16.9. The van der Waals surface area contributed by atoms with E-state index in [1.807, 2.05) is 0 Å². The predicted octanol–water partition coefficient (Wildman–Crippen LogP) is 0.686. The Labute approximate surface area is 124 Å². The van der Waals surface area contributed by atoms with Crippen molar-refractivity contribution in [2.24, 2.45) is 5.14 Å². The average molecular weight is 342 g/mol. The van der Waals surface area contributed by atoms with Gasteiger partial charge in [0.25, 0.3) is 5.91 Å². The van der Waals surface area contributed by atoms with Crippen LogP contribution in [0.5, 0.6) is 0 Å². The number of carbonyl (C=O) groups is 1. The number of aliphatic hydroxyl groups excluding tert-OH is 1. The number of halogens is 4. The molecule has 0 aliphatic heterocycles. The van der Waals surface area contributed by atoms with Gasteiger partial charge >= 0.3 is 6.43 Å². The molecular weight excluding hydrogens is 328 g/mol. The van der Waals surface area contributed by atoms with Gasteiger partial charge in [-0.3, -0.25) is 9.93 Å². The molecule has 10 heteroatoms. The van der Waals surface area contributed by atoms with E-state index in [1.165, 1.54) is 12.1 Å². The minimum Gasteiger partial charge on any atom is -0.386 e. The van der Waals surface area contributed by atoms with Gasteiger partial charge in [-0.05, 0) is 17.7 Å². The second kappa shape index (κ2) is 7.56. The monoisotopic (exact) mass is 342 g/mol. The molecular formula is C12H14F4N2O3S. The normalized spacial score (nSPS) is 16.7. The van der Waals surface area contributed by atoms with Crippen LogP contribution in [0.4, 0.5) is 17.6 Å². The molecule has 0 saturated carbocycles. The first-order valence-electron chi connectivity index (χ1n) is 5.91. The second-order valence-corrected chi connectivity index (χ2v) is 6.27. The molecule has 0 aliphatic carbocycles. The van der Waals surface area contributed by atoms with Crippen LogP contribution in [-0.4, -0.2) is 40.0 Å². The first kappa shape index (κ1) is 18.4. The van der Waals surface area contributed by atoms with E-state index < -0.39 is 40.9 Å². The lowest BCUT2D eigenvalue weighted by Gasteiger charge is -2.22. The number of rotatable bonds is 6. The molecule has 5 nitrogen and oxygen atoms in total. The quantitative estimate of drug-likeness (QED) is 0.403. The lowest BCUT2D eigenvalue weighted by molar-refractivity contribution is -0.133. The third kappa shape index (κ3) is 4.42. The van der Waals surface area contributed by atoms with E-state index in [1.54, 1.807) is 5.32 Å². The van der Waals surface area contributed by atoms with Gasteiger partial charge in [-0.2, -0.15) is 8.78 Å². The largest absolute Gasteiger partial charge is 0.386 e. The molecule has 1 aromatic rings. The second-order valence-electron chi connectivity index (χ2n) is 4.32. The summed E-state index contributed by atoms with van der Waals surface area (Å²) in [5.41, 5.74) is -0.124. The van der Waals surface area contributed by atoms with Crippen LogP contribution in [0.3, 0.4) is 0 Å². The van der Waals surface area contributed by atoms with Gasteiger partial charge in [0.05, 0.1) is 15.7 Å². The average Bonchev–Trinajstić information content (AvgIpc) is 2.51. The summed E-state index contributed by atoms with van der Waals surface area (Å²) in [4.78, 5) is 10.8. The Balaban J connectivity index is 2.94. The minimum absolute atomic E-state index is 0.0509. The summed E-state index contributed by atoms with van der Waals surface area (Å²) < 4.78 is 60.9. The molecule has 0 heterocycles. The van der Waals surface area contributed by atoms with Crippen molar-refractivity contribution in [3.05, 3.63) is 29.8 Å². The van der Waals surface area contributed by atoms with Crippen LogP contribution in [0.2, 0.25) is 0 Å². The van der Waals surface area contributed by atoms with Crippen molar-refractivity contribution in [2.45, 2.75) is 23.5 Å². The Hall–Kier alpha value is -1.65. The molecule has 4 N–H and O–H groups in total. The van der Waals surface area contributed by atoms with Gasteiger partial charge in [-0.15, -0.1) is 0 Å². The van der Waals surface area contributed by atoms with Gasteiger partial charge in [0.1, 0.15) is 12.8 Å². The van der Waals surface area contributed by atoms with E-state index in [2.05, 4.69) is 0 Å². The Morgan fingerprint density at radius 2 is 1.91 bits per heavy atom. The van der Waals surface area contributed by atoms with Crippen molar-refractivity contribution in [3.8, 4) is 0 Å². The number of aliphatic hydroxyl groups is 1. The fraction of sp³-hybridized carbons (Fsp3) is 0.333. The summed E-state index contributed by atoms with van der Waals surface area (Å²) in [6.07, 6.45) is -4.96. The van der Waals surface area contributed by atoms with Crippen molar-refractivity contribution < 1.29 is 31.7 Å². The number of hydrogen-bond donors (Lipinski definition) is 3. The van der Waals surface area contributed by atoms with Gasteiger partial charge in [0.2, 0.25) is 0 Å². The topological polar surface area (TPSA) is 92.4 Å². The van der Waals surface area contributed by atoms with Crippen molar-refractivity contribution >= 4 is 21.2 Å². The molecule has 0 saturated heterocycles. The molecule has 0 spiro atoms. The molecule has 1 rings (SSSR count). The molecule has 0 bridgehead atoms. The molecule has 124 valence electrons. The first-order valence-corrected chi connectivity index (χ1v) is 7.59. The summed E-state index contributed by atoms with van der Waals surface area (Å²) in [7, 11) is -3.46. The Kier molecular flexibility index (Phi) is 6.33. The van der Waals surface area contributed by atoms with E-state index in [0.717, 1.165) is 12.1 Å². The third-order valence-corrected chi connectivity index (χ3v) is 4.07. The molecule has 3 unspecified atom stereocenters. The molecule has 1 amide bonds. The van der Waals surface area contributed by atoms with Crippen molar-refractivity contribution in [3.63, 3.8) is 0 Å². The Morgan fingerprint density at radius 1 is 1.36 bits per heavy atom. The Bertz CT molecular complexity index is 630. The lowest BCUT2D eigenvalue weighted by Crippen LogP contribution is -2.43. The van der Waals surface area contributed by atoms with Gasteiger partial charge < -0.3 is 10.4 Å². The summed E-state index contributed by atoms with van der Waals surface area (Å²) in [5, 5.41) is 16.7. The van der Waals surface area contributed by atoms with Crippen LogP contribution in [0, 0.1) is 0 Å². The standard InChI is InChI=1S/C12H14F4N2O3S/c13-5-9(18-12(20)11(15)16)10(19)7-1-3-8(4-2-7)22(17,21)6-14/h1-4,6,9-11,19H,5H2,(H2,17,21)(H,18,20). The van der Waals surface area contributed by atoms with Crippen molar-refractivity contribution in [1.29, 1.82) is 0 Å². The number of benzene rings is 1. The summed E-state index contributed by atoms with van der Waals surface area (Å²) in [6, 6.07) is 3.05. The van der Waals surface area contributed by atoms with Crippen molar-refractivity contribution in [2.75, 3.05) is 6.67 Å². The number of hydrogen-bond acceptors (Lipinski definition) is 3. The highest BCUT2D eigenvalue weighted by Gasteiger charge is 2.26. The first-order chi connectivity index (χ1) is 10.2. The van der Waals surface area contributed by atoms with Crippen LogP contribution in [0.1, 0.15) is 11.7 Å². The summed E-state index contributed by atoms with van der Waals surface area (Å²) in [6.45, 7) is -1.28. The van der Waals surface area contributed by atoms with E-state index >= 15 is 0 Å². The number of alkyl halides is 3. The van der Waals surface area contributed by atoms with Gasteiger partial charge in [0.15, 0.2) is 5.62 Å². The number of amides is 1. The summed E-state index contributed by atoms with van der Waals surface area (Å²) in [5.74, 6) is -1.71. The molecule has 0 fully saturated rings. The van der Waals surface area contributed by atoms with Crippen LogP contribution < -0.4 is 10.5 Å². The van der Waals surface area contributed by atoms with Crippen LogP contribution in [0.25, 0.3) is 0 Å². The van der Waals surface area contributed by atoms with Crippen LogP contribution in [0.15, 0.2) is 29.2 Å². The van der Waals surface area contributed by atoms with E-state index in [4.69, 9.17) is 5.14 Å². The van der Waals surface area contributed by atoms with Gasteiger partial charge in [-0.25, -0.2) is 13.0 Å². The van der Waals surface area contributed by atoms with E-state index in [0.29, 0.717) is 0 Å². The molecule has 1 aromatic carbocycles. The highest BCUT2D eigenvalue weighted by atomic mass is 32.2. The van der Waals surface area contributed by atoms with Gasteiger partial charge in [-0.1, -0.05) is 12.1 Å². The maximum atomic E-state index is 12.8. The number of nitrogens with one attached hydrogen (secondary N) is 1. The highest BCUT2D eigenvalue weighted by molar-refractivity contribution is 7.99. The highest BCUT2D eigenvalue weighted by Crippen LogP contribution is 2.20. The number of carbonyl (C=O) groups excluding carboxylic acids is 1. The SMILES string of the molecule is NS(=O)(=CF)c1ccc(C(O)C(CF)NC(=O)C(F)F)cc1. The molecule has 0 radical (unpaired) electrons. The minimum atomic E-state index is -3.46. The van der Waals surface area contributed by atoms with Crippen molar-refractivity contribution in [1.82, 2.24) is 5.32 Å². The Morgan fingerprint density at radius 3 is 2.32 bits per heavy atom. The third-order valence-electron chi connectivity index (χ3n) is 2.80. The number of nitrogens with two attached hydrogens (primary N) is 1. The zero-order valence-corrected chi connectivity index (χ0v) is 11.9. The van der Waals surface area contributed by atoms with Crippen LogP contribution >= 0.6 is 0 Å². The lowest BCUT2D eigenvalue weighted by atomic mass is 10.0. The van der Waals surface area contributed by atoms with Gasteiger partial charge in [0, 0.05) is 4.90 Å². The smallest absolute Gasteiger partial charge is 0.315 e. The molecule has 3 atom stereocenters. The van der Waals surface area contributed by atoms with Crippen LogP contribution in [-0.2, 0) is 14.5 Å². The molecule has 0 aliphatic rings. The molecule has 0 aromatic heterocycles. The molecule has 22 heavy (non-hydrogen) atoms. The zero-order valence-electron chi connectivity index (χ0n) is 11.1. The van der Waals surface area contributed by atoms with E-state index in [-0.39, 0.29) is 16.1 Å². The maximum absolute atomic E-state index is 12.8. The fourth-order valence-corrected chi connectivity index (χ4v) is 2.27. The predicted molar refractivity (Wildman–Crippen MR) is 73.1 cm³/mol.